The molecule has 1 heterocycles. The molecule has 1 amide bonds. The Kier molecular flexibility index (Phi) is 5.86. The third-order valence-electron chi connectivity index (χ3n) is 4.12. The first-order chi connectivity index (χ1) is 12.7. The molecule has 0 aliphatic carbocycles. The first-order valence-corrected chi connectivity index (χ1v) is 8.50. The summed E-state index contributed by atoms with van der Waals surface area (Å²) in [6.07, 6.45) is 2.27. The van der Waals surface area contributed by atoms with Crippen molar-refractivity contribution in [2.24, 2.45) is 0 Å². The average Bonchev–Trinajstić information content (AvgIpc) is 3.20. The molecule has 2 aromatic carbocycles. The number of nitrogens with one attached hydrogen (secondary N) is 1. The largest absolute Gasteiger partial charge is 0.491 e. The van der Waals surface area contributed by atoms with E-state index in [1.165, 1.54) is 13.2 Å². The zero-order valence-corrected chi connectivity index (χ0v) is 14.6. The molecule has 26 heavy (non-hydrogen) atoms. The van der Waals surface area contributed by atoms with E-state index in [0.717, 1.165) is 25.2 Å². The Morgan fingerprint density at radius 2 is 1.92 bits per heavy atom. The van der Waals surface area contributed by atoms with Crippen LogP contribution in [0.4, 0.5) is 5.69 Å². The molecule has 0 spiro atoms. The van der Waals surface area contributed by atoms with Crippen LogP contribution in [-0.2, 0) is 9.47 Å². The summed E-state index contributed by atoms with van der Waals surface area (Å²) in [6, 6.07) is 13.5. The van der Waals surface area contributed by atoms with Crippen molar-refractivity contribution in [1.29, 1.82) is 0 Å². The van der Waals surface area contributed by atoms with Gasteiger partial charge in [0.2, 0.25) is 0 Å². The Morgan fingerprint density at radius 3 is 2.62 bits per heavy atom. The van der Waals surface area contributed by atoms with Gasteiger partial charge in [0.05, 0.1) is 18.8 Å². The van der Waals surface area contributed by atoms with Crippen molar-refractivity contribution < 1.29 is 23.8 Å². The van der Waals surface area contributed by atoms with Crippen molar-refractivity contribution in [3.63, 3.8) is 0 Å². The van der Waals surface area contributed by atoms with Gasteiger partial charge in [-0.1, -0.05) is 6.07 Å². The van der Waals surface area contributed by atoms with Gasteiger partial charge in [0.25, 0.3) is 5.91 Å². The lowest BCUT2D eigenvalue weighted by Crippen LogP contribution is -2.16. The average molecular weight is 355 g/mol. The van der Waals surface area contributed by atoms with Gasteiger partial charge >= 0.3 is 5.97 Å². The molecule has 1 N–H and O–H groups in total. The number of anilines is 1. The Morgan fingerprint density at radius 1 is 1.15 bits per heavy atom. The van der Waals surface area contributed by atoms with Crippen LogP contribution in [0.25, 0.3) is 0 Å². The van der Waals surface area contributed by atoms with E-state index in [-0.39, 0.29) is 12.0 Å². The molecular formula is C20H21NO5. The predicted molar refractivity (Wildman–Crippen MR) is 96.6 cm³/mol. The Balaban J connectivity index is 1.58. The van der Waals surface area contributed by atoms with E-state index in [9.17, 15) is 9.59 Å². The molecule has 0 radical (unpaired) electrons. The van der Waals surface area contributed by atoms with E-state index in [0.29, 0.717) is 23.4 Å². The summed E-state index contributed by atoms with van der Waals surface area (Å²) in [5.41, 5.74) is 1.35. The van der Waals surface area contributed by atoms with Crippen LogP contribution in [0.3, 0.4) is 0 Å². The lowest BCUT2D eigenvalue weighted by molar-refractivity contribution is 0.0600. The maximum absolute atomic E-state index is 12.4. The third kappa shape index (κ3) is 4.61. The van der Waals surface area contributed by atoms with E-state index < -0.39 is 5.97 Å². The van der Waals surface area contributed by atoms with Crippen molar-refractivity contribution in [1.82, 2.24) is 0 Å². The fraction of sp³-hybridized carbons (Fsp3) is 0.300. The second kappa shape index (κ2) is 8.49. The highest BCUT2D eigenvalue weighted by Gasteiger charge is 2.16. The van der Waals surface area contributed by atoms with Gasteiger partial charge in [-0.15, -0.1) is 0 Å². The SMILES string of the molecule is COC(=O)c1cccc(C(=O)Nc2ccc(OC[C@@H]3CCCO3)cc2)c1. The zero-order valence-electron chi connectivity index (χ0n) is 14.6. The number of benzene rings is 2. The minimum atomic E-state index is -0.479. The summed E-state index contributed by atoms with van der Waals surface area (Å²) < 4.78 is 15.9. The smallest absolute Gasteiger partial charge is 0.337 e. The molecule has 3 rings (SSSR count). The number of esters is 1. The standard InChI is InChI=1S/C20H21NO5/c1-24-20(23)15-5-2-4-14(12-15)19(22)21-16-7-9-17(10-8-16)26-13-18-6-3-11-25-18/h2,4-5,7-10,12,18H,3,6,11,13H2,1H3,(H,21,22)/t18-/m0/s1. The van der Waals surface area contributed by atoms with E-state index >= 15 is 0 Å². The van der Waals surface area contributed by atoms with Crippen LogP contribution in [0.1, 0.15) is 33.6 Å². The molecule has 2 aromatic rings. The fourth-order valence-corrected chi connectivity index (χ4v) is 2.71. The van der Waals surface area contributed by atoms with Crippen LogP contribution in [0.5, 0.6) is 5.75 Å². The minimum absolute atomic E-state index is 0.163. The molecule has 0 saturated carbocycles. The quantitative estimate of drug-likeness (QED) is 0.805. The summed E-state index contributed by atoms with van der Waals surface area (Å²) in [6.45, 7) is 1.34. The number of amides is 1. The summed E-state index contributed by atoms with van der Waals surface area (Å²) in [5, 5.41) is 2.80. The summed E-state index contributed by atoms with van der Waals surface area (Å²) >= 11 is 0. The number of carbonyl (C=O) groups is 2. The molecule has 1 saturated heterocycles. The lowest BCUT2D eigenvalue weighted by Gasteiger charge is -2.12. The van der Waals surface area contributed by atoms with Crippen molar-refractivity contribution in [3.05, 3.63) is 59.7 Å². The van der Waals surface area contributed by atoms with Gasteiger partial charge in [0, 0.05) is 17.9 Å². The van der Waals surface area contributed by atoms with E-state index in [2.05, 4.69) is 10.1 Å². The summed E-state index contributed by atoms with van der Waals surface area (Å²) in [4.78, 5) is 23.9. The second-order valence-corrected chi connectivity index (χ2v) is 6.00. The maximum Gasteiger partial charge on any atom is 0.337 e. The van der Waals surface area contributed by atoms with E-state index in [1.807, 2.05) is 0 Å². The highest BCUT2D eigenvalue weighted by molar-refractivity contribution is 6.05. The van der Waals surface area contributed by atoms with Gasteiger partial charge in [-0.3, -0.25) is 4.79 Å². The van der Waals surface area contributed by atoms with Crippen LogP contribution in [0.15, 0.2) is 48.5 Å². The van der Waals surface area contributed by atoms with Crippen molar-refractivity contribution in [2.75, 3.05) is 25.6 Å². The van der Waals surface area contributed by atoms with Crippen molar-refractivity contribution >= 4 is 17.6 Å². The number of rotatable bonds is 6. The topological polar surface area (TPSA) is 73.9 Å². The number of carbonyl (C=O) groups excluding carboxylic acids is 2. The molecule has 136 valence electrons. The van der Waals surface area contributed by atoms with Crippen molar-refractivity contribution in [2.45, 2.75) is 18.9 Å². The number of hydrogen-bond acceptors (Lipinski definition) is 5. The molecule has 1 aliphatic rings. The van der Waals surface area contributed by atoms with Crippen LogP contribution < -0.4 is 10.1 Å². The molecule has 6 nitrogen and oxygen atoms in total. The molecule has 6 heteroatoms. The van der Waals surface area contributed by atoms with Gasteiger partial charge in [-0.25, -0.2) is 4.79 Å². The summed E-state index contributed by atoms with van der Waals surface area (Å²) in [5.74, 6) is -0.0534. The summed E-state index contributed by atoms with van der Waals surface area (Å²) in [7, 11) is 1.30. The molecule has 1 fully saturated rings. The van der Waals surface area contributed by atoms with Gasteiger partial charge in [-0.2, -0.15) is 0 Å². The normalized spacial score (nSPS) is 16.1. The Bertz CT molecular complexity index is 766. The Labute approximate surface area is 152 Å². The fourth-order valence-electron chi connectivity index (χ4n) is 2.71. The van der Waals surface area contributed by atoms with Crippen LogP contribution in [0.2, 0.25) is 0 Å². The molecule has 0 bridgehead atoms. The second-order valence-electron chi connectivity index (χ2n) is 6.00. The van der Waals surface area contributed by atoms with Crippen molar-refractivity contribution in [3.8, 4) is 5.75 Å². The van der Waals surface area contributed by atoms with Gasteiger partial charge < -0.3 is 19.5 Å². The Hall–Kier alpha value is -2.86. The highest BCUT2D eigenvalue weighted by atomic mass is 16.5. The molecule has 1 aliphatic heterocycles. The molecule has 0 unspecified atom stereocenters. The monoisotopic (exact) mass is 355 g/mol. The lowest BCUT2D eigenvalue weighted by atomic mass is 10.1. The van der Waals surface area contributed by atoms with E-state index in [4.69, 9.17) is 9.47 Å². The van der Waals surface area contributed by atoms with Gasteiger partial charge in [0.1, 0.15) is 12.4 Å². The molecular weight excluding hydrogens is 334 g/mol. The number of hydrogen-bond donors (Lipinski definition) is 1. The minimum Gasteiger partial charge on any atom is -0.491 e. The van der Waals surface area contributed by atoms with Gasteiger partial charge in [0.15, 0.2) is 0 Å². The van der Waals surface area contributed by atoms with Crippen LogP contribution in [0, 0.1) is 0 Å². The highest BCUT2D eigenvalue weighted by Crippen LogP contribution is 2.19. The van der Waals surface area contributed by atoms with Gasteiger partial charge in [-0.05, 0) is 55.3 Å². The predicted octanol–water partition coefficient (Wildman–Crippen LogP) is 3.28. The first-order valence-electron chi connectivity index (χ1n) is 8.50. The zero-order chi connectivity index (χ0) is 18.4. The molecule has 0 aromatic heterocycles. The van der Waals surface area contributed by atoms with E-state index in [1.54, 1.807) is 42.5 Å². The van der Waals surface area contributed by atoms with Crippen LogP contribution in [-0.4, -0.2) is 38.3 Å². The maximum atomic E-state index is 12.4. The number of methoxy groups -OCH3 is 1. The number of ether oxygens (including phenoxy) is 3. The molecule has 1 atom stereocenters. The van der Waals surface area contributed by atoms with Crippen LogP contribution >= 0.6 is 0 Å². The third-order valence-corrected chi connectivity index (χ3v) is 4.12. The first kappa shape index (κ1) is 17.9.